The third-order valence-corrected chi connectivity index (χ3v) is 4.72. The number of amides is 1. The highest BCUT2D eigenvalue weighted by molar-refractivity contribution is 6.07. The summed E-state index contributed by atoms with van der Waals surface area (Å²) >= 11 is 0. The Bertz CT molecular complexity index is 1100. The number of aromatic nitrogens is 5. The molecule has 0 aliphatic rings. The molecule has 1 N–H and O–H groups in total. The molecule has 0 saturated carbocycles. The summed E-state index contributed by atoms with van der Waals surface area (Å²) in [5.74, 6) is -0.105. The molecule has 0 bridgehead atoms. The van der Waals surface area contributed by atoms with Crippen LogP contribution in [0, 0.1) is 6.92 Å². The first-order valence-electron chi connectivity index (χ1n) is 9.27. The molecular formula is C21H22N6O. The number of nitrogens with zero attached hydrogens (tertiary/aromatic N) is 5. The summed E-state index contributed by atoms with van der Waals surface area (Å²) in [5.41, 5.74) is 3.85. The molecule has 0 unspecified atom stereocenters. The Balaban J connectivity index is 1.61. The van der Waals surface area contributed by atoms with Crippen LogP contribution in [-0.4, -0.2) is 36.8 Å². The van der Waals surface area contributed by atoms with Gasteiger partial charge >= 0.3 is 0 Å². The summed E-state index contributed by atoms with van der Waals surface area (Å²) in [7, 11) is 1.85. The number of hydrogen-bond acceptors (Lipinski definition) is 4. The van der Waals surface area contributed by atoms with Crippen LogP contribution in [0.4, 0.5) is 0 Å². The maximum Gasteiger partial charge on any atom is 0.252 e. The lowest BCUT2D eigenvalue weighted by Gasteiger charge is -2.10. The van der Waals surface area contributed by atoms with Crippen LogP contribution >= 0.6 is 0 Å². The second-order valence-corrected chi connectivity index (χ2v) is 6.74. The maximum absolute atomic E-state index is 13.0. The predicted molar refractivity (Wildman–Crippen MR) is 108 cm³/mol. The van der Waals surface area contributed by atoms with Crippen molar-refractivity contribution in [3.63, 3.8) is 0 Å². The number of nitrogens with one attached hydrogen (secondary N) is 1. The van der Waals surface area contributed by atoms with Gasteiger partial charge in [0, 0.05) is 38.1 Å². The van der Waals surface area contributed by atoms with E-state index < -0.39 is 0 Å². The Kier molecular flexibility index (Phi) is 4.89. The summed E-state index contributed by atoms with van der Waals surface area (Å²) in [6, 6.07) is 11.7. The van der Waals surface area contributed by atoms with Crippen LogP contribution < -0.4 is 5.32 Å². The summed E-state index contributed by atoms with van der Waals surface area (Å²) < 4.78 is 3.72. The standard InChI is InChI=1S/C21H22N6O/c1-15-19-17(21(28)23-9-6-11-27-12-10-22-14-27)13-18(16-7-4-3-5-8-16)24-20(19)26(2)25-15/h3-5,7-8,10,12-14H,6,9,11H2,1-2H3,(H,23,28). The minimum Gasteiger partial charge on any atom is -0.352 e. The molecule has 3 heterocycles. The lowest BCUT2D eigenvalue weighted by atomic mass is 10.0. The lowest BCUT2D eigenvalue weighted by Crippen LogP contribution is -2.25. The van der Waals surface area contributed by atoms with Crippen LogP contribution in [-0.2, 0) is 13.6 Å². The fraction of sp³-hybridized carbons (Fsp3) is 0.238. The first-order valence-corrected chi connectivity index (χ1v) is 9.27. The van der Waals surface area contributed by atoms with Crippen molar-refractivity contribution in [3.05, 3.63) is 66.4 Å². The zero-order valence-corrected chi connectivity index (χ0v) is 16.0. The molecule has 0 spiro atoms. The van der Waals surface area contributed by atoms with Gasteiger partial charge in [-0.15, -0.1) is 0 Å². The van der Waals surface area contributed by atoms with E-state index in [1.165, 1.54) is 0 Å². The van der Waals surface area contributed by atoms with Crippen LogP contribution in [0.5, 0.6) is 0 Å². The summed E-state index contributed by atoms with van der Waals surface area (Å²) in [6.07, 6.45) is 6.27. The van der Waals surface area contributed by atoms with E-state index in [9.17, 15) is 4.79 Å². The molecule has 0 radical (unpaired) electrons. The minimum atomic E-state index is -0.105. The average molecular weight is 374 g/mol. The fourth-order valence-electron chi connectivity index (χ4n) is 3.36. The highest BCUT2D eigenvalue weighted by atomic mass is 16.1. The van der Waals surface area contributed by atoms with Gasteiger partial charge in [0.1, 0.15) is 0 Å². The number of aryl methyl sites for hydroxylation is 3. The van der Waals surface area contributed by atoms with E-state index in [-0.39, 0.29) is 5.91 Å². The number of pyridine rings is 1. The van der Waals surface area contributed by atoms with Gasteiger partial charge in [-0.2, -0.15) is 5.10 Å². The van der Waals surface area contributed by atoms with Crippen molar-refractivity contribution in [3.8, 4) is 11.3 Å². The number of hydrogen-bond donors (Lipinski definition) is 1. The molecule has 28 heavy (non-hydrogen) atoms. The Labute approximate surface area is 163 Å². The molecular weight excluding hydrogens is 352 g/mol. The van der Waals surface area contributed by atoms with E-state index in [1.807, 2.05) is 61.1 Å². The van der Waals surface area contributed by atoms with Gasteiger partial charge < -0.3 is 9.88 Å². The summed E-state index contributed by atoms with van der Waals surface area (Å²) in [6.45, 7) is 3.30. The van der Waals surface area contributed by atoms with Crippen molar-refractivity contribution in [2.45, 2.75) is 19.9 Å². The van der Waals surface area contributed by atoms with E-state index in [0.717, 1.165) is 35.3 Å². The molecule has 7 heteroatoms. The smallest absolute Gasteiger partial charge is 0.252 e. The molecule has 1 aromatic carbocycles. The largest absolute Gasteiger partial charge is 0.352 e. The van der Waals surface area contributed by atoms with Crippen LogP contribution in [0.3, 0.4) is 0 Å². The number of imidazole rings is 1. The van der Waals surface area contributed by atoms with E-state index in [0.29, 0.717) is 17.8 Å². The van der Waals surface area contributed by atoms with Crippen molar-refractivity contribution >= 4 is 16.9 Å². The van der Waals surface area contributed by atoms with Gasteiger partial charge in [0.15, 0.2) is 5.65 Å². The van der Waals surface area contributed by atoms with E-state index in [4.69, 9.17) is 4.98 Å². The molecule has 0 aliphatic carbocycles. The van der Waals surface area contributed by atoms with Gasteiger partial charge in [0.2, 0.25) is 0 Å². The molecule has 0 fully saturated rings. The first-order chi connectivity index (χ1) is 13.6. The maximum atomic E-state index is 13.0. The van der Waals surface area contributed by atoms with Crippen molar-refractivity contribution < 1.29 is 4.79 Å². The number of fused-ring (bicyclic) bond motifs is 1. The van der Waals surface area contributed by atoms with Crippen molar-refractivity contribution in [2.24, 2.45) is 7.05 Å². The quantitative estimate of drug-likeness (QED) is 0.526. The Morgan fingerprint density at radius 2 is 2.04 bits per heavy atom. The molecule has 1 amide bonds. The molecule has 0 aliphatic heterocycles. The lowest BCUT2D eigenvalue weighted by molar-refractivity contribution is 0.0954. The molecule has 7 nitrogen and oxygen atoms in total. The molecule has 4 aromatic rings. The molecule has 0 saturated heterocycles. The topological polar surface area (TPSA) is 77.6 Å². The van der Waals surface area contributed by atoms with Gasteiger partial charge in [0.05, 0.1) is 28.7 Å². The minimum absolute atomic E-state index is 0.105. The second kappa shape index (κ2) is 7.64. The van der Waals surface area contributed by atoms with Crippen LogP contribution in [0.2, 0.25) is 0 Å². The zero-order valence-electron chi connectivity index (χ0n) is 16.0. The van der Waals surface area contributed by atoms with Gasteiger partial charge in [-0.05, 0) is 19.4 Å². The monoisotopic (exact) mass is 374 g/mol. The van der Waals surface area contributed by atoms with Gasteiger partial charge in [0.25, 0.3) is 5.91 Å². The molecule has 142 valence electrons. The normalized spacial score (nSPS) is 11.1. The highest BCUT2D eigenvalue weighted by Crippen LogP contribution is 2.26. The Hall–Kier alpha value is -3.48. The van der Waals surface area contributed by atoms with Crippen molar-refractivity contribution in [1.82, 2.24) is 29.6 Å². The molecule has 0 atom stereocenters. The van der Waals surface area contributed by atoms with Crippen molar-refractivity contribution in [1.29, 1.82) is 0 Å². The number of carbonyl (C=O) groups is 1. The van der Waals surface area contributed by atoms with Crippen molar-refractivity contribution in [2.75, 3.05) is 6.54 Å². The van der Waals surface area contributed by atoms with Crippen LogP contribution in [0.25, 0.3) is 22.3 Å². The predicted octanol–water partition coefficient (Wildman–Crippen LogP) is 2.96. The van der Waals surface area contributed by atoms with Crippen LogP contribution in [0.1, 0.15) is 22.5 Å². The van der Waals surface area contributed by atoms with Gasteiger partial charge in [-0.3, -0.25) is 9.48 Å². The molecule has 3 aromatic heterocycles. The highest BCUT2D eigenvalue weighted by Gasteiger charge is 2.19. The molecule has 4 rings (SSSR count). The fourth-order valence-corrected chi connectivity index (χ4v) is 3.36. The summed E-state index contributed by atoms with van der Waals surface area (Å²) in [4.78, 5) is 21.7. The Morgan fingerprint density at radius 3 is 2.79 bits per heavy atom. The van der Waals surface area contributed by atoms with Crippen LogP contribution in [0.15, 0.2) is 55.1 Å². The second-order valence-electron chi connectivity index (χ2n) is 6.74. The van der Waals surface area contributed by atoms with E-state index >= 15 is 0 Å². The summed E-state index contributed by atoms with van der Waals surface area (Å²) in [5, 5.41) is 8.29. The van der Waals surface area contributed by atoms with E-state index in [2.05, 4.69) is 15.4 Å². The number of rotatable bonds is 6. The third-order valence-electron chi connectivity index (χ3n) is 4.72. The first kappa shape index (κ1) is 17.9. The van der Waals surface area contributed by atoms with Gasteiger partial charge in [-0.1, -0.05) is 30.3 Å². The zero-order chi connectivity index (χ0) is 19.5. The van der Waals surface area contributed by atoms with E-state index in [1.54, 1.807) is 17.2 Å². The average Bonchev–Trinajstić information content (AvgIpc) is 3.33. The SMILES string of the molecule is Cc1nn(C)c2nc(-c3ccccc3)cc(C(=O)NCCCn3ccnc3)c12. The Morgan fingerprint density at radius 1 is 1.21 bits per heavy atom. The third kappa shape index (κ3) is 3.51. The number of carbonyl (C=O) groups excluding carboxylic acids is 1. The van der Waals surface area contributed by atoms with Gasteiger partial charge in [-0.25, -0.2) is 9.97 Å². The number of benzene rings is 1.